The molecule has 1 aliphatic carbocycles. The Kier molecular flexibility index (Phi) is 2.50. The number of oxazole rings is 1. The van der Waals surface area contributed by atoms with Crippen molar-refractivity contribution >= 4 is 17.0 Å². The number of rotatable bonds is 2. The predicted octanol–water partition coefficient (Wildman–Crippen LogP) is 0.543. The molecular formula is C13H15N3O3. The van der Waals surface area contributed by atoms with Gasteiger partial charge in [0.1, 0.15) is 0 Å². The van der Waals surface area contributed by atoms with E-state index in [0.29, 0.717) is 5.58 Å². The molecular weight excluding hydrogens is 246 g/mol. The van der Waals surface area contributed by atoms with E-state index in [9.17, 15) is 9.59 Å². The van der Waals surface area contributed by atoms with E-state index < -0.39 is 11.2 Å². The summed E-state index contributed by atoms with van der Waals surface area (Å²) in [6.45, 7) is 0. The molecule has 19 heavy (non-hydrogen) atoms. The lowest BCUT2D eigenvalue weighted by Crippen LogP contribution is -2.51. The minimum absolute atomic E-state index is 0.184. The van der Waals surface area contributed by atoms with Gasteiger partial charge in [0.05, 0.1) is 10.9 Å². The van der Waals surface area contributed by atoms with Crippen molar-refractivity contribution in [1.82, 2.24) is 9.99 Å². The van der Waals surface area contributed by atoms with E-state index in [-0.39, 0.29) is 5.91 Å². The third-order valence-electron chi connectivity index (χ3n) is 4.12. The molecule has 6 heteroatoms. The van der Waals surface area contributed by atoms with Crippen LogP contribution in [0, 0.1) is 0 Å². The van der Waals surface area contributed by atoms with Crippen LogP contribution >= 0.6 is 0 Å². The first-order chi connectivity index (χ1) is 9.08. The summed E-state index contributed by atoms with van der Waals surface area (Å²) in [5.74, 6) is 4.68. The Labute approximate surface area is 109 Å². The standard InChI is InChI=1S/C13H15N3O3/c1-16-9-4-3-8(7-10(9)19-12(16)18)13(5-2-6-13)11(17)15-14/h3-4,7H,2,5-6,14H2,1H3,(H,15,17). The van der Waals surface area contributed by atoms with Gasteiger partial charge < -0.3 is 4.42 Å². The molecule has 0 spiro atoms. The largest absolute Gasteiger partial charge is 0.419 e. The molecule has 1 heterocycles. The van der Waals surface area contributed by atoms with Gasteiger partial charge in [-0.25, -0.2) is 10.6 Å². The van der Waals surface area contributed by atoms with E-state index in [2.05, 4.69) is 5.43 Å². The van der Waals surface area contributed by atoms with Crippen molar-refractivity contribution in [1.29, 1.82) is 0 Å². The number of benzene rings is 1. The zero-order chi connectivity index (χ0) is 13.6. The normalized spacial score (nSPS) is 17.2. The van der Waals surface area contributed by atoms with Crippen molar-refractivity contribution in [2.24, 2.45) is 12.9 Å². The van der Waals surface area contributed by atoms with E-state index in [0.717, 1.165) is 30.3 Å². The van der Waals surface area contributed by atoms with Crippen LogP contribution in [0.1, 0.15) is 24.8 Å². The fraction of sp³-hybridized carbons (Fsp3) is 0.385. The van der Waals surface area contributed by atoms with Gasteiger partial charge >= 0.3 is 5.76 Å². The lowest BCUT2D eigenvalue weighted by atomic mass is 9.64. The van der Waals surface area contributed by atoms with Crippen molar-refractivity contribution in [3.63, 3.8) is 0 Å². The second kappa shape index (κ2) is 3.96. The minimum Gasteiger partial charge on any atom is -0.408 e. The van der Waals surface area contributed by atoms with Gasteiger partial charge in [-0.2, -0.15) is 0 Å². The summed E-state index contributed by atoms with van der Waals surface area (Å²) in [5.41, 5.74) is 3.73. The quantitative estimate of drug-likeness (QED) is 0.469. The Hall–Kier alpha value is -2.08. The number of hydrogen-bond donors (Lipinski definition) is 2. The van der Waals surface area contributed by atoms with Crippen LogP contribution in [-0.4, -0.2) is 10.5 Å². The van der Waals surface area contributed by atoms with Crippen LogP contribution in [0.15, 0.2) is 27.4 Å². The SMILES string of the molecule is Cn1c(=O)oc2cc(C3(C(=O)NN)CCC3)ccc21. The molecule has 0 radical (unpaired) electrons. The Balaban J connectivity index is 2.15. The van der Waals surface area contributed by atoms with E-state index in [4.69, 9.17) is 10.3 Å². The number of amides is 1. The Morgan fingerprint density at radius 3 is 2.79 bits per heavy atom. The second-order valence-electron chi connectivity index (χ2n) is 5.02. The second-order valence-corrected chi connectivity index (χ2v) is 5.02. The lowest BCUT2D eigenvalue weighted by molar-refractivity contribution is -0.130. The number of hydrogen-bond acceptors (Lipinski definition) is 4. The van der Waals surface area contributed by atoms with Crippen molar-refractivity contribution in [2.75, 3.05) is 0 Å². The Morgan fingerprint density at radius 1 is 1.47 bits per heavy atom. The van der Waals surface area contributed by atoms with E-state index in [1.807, 2.05) is 6.07 Å². The first-order valence-corrected chi connectivity index (χ1v) is 6.19. The van der Waals surface area contributed by atoms with Gasteiger partial charge in [-0.05, 0) is 30.5 Å². The monoisotopic (exact) mass is 261 g/mol. The van der Waals surface area contributed by atoms with Crippen LogP contribution in [-0.2, 0) is 17.3 Å². The molecule has 100 valence electrons. The fourth-order valence-electron chi connectivity index (χ4n) is 2.75. The fourth-order valence-corrected chi connectivity index (χ4v) is 2.75. The summed E-state index contributed by atoms with van der Waals surface area (Å²) in [5, 5.41) is 0. The molecule has 0 atom stereocenters. The molecule has 0 saturated heterocycles. The average molecular weight is 261 g/mol. The Morgan fingerprint density at radius 2 is 2.21 bits per heavy atom. The van der Waals surface area contributed by atoms with E-state index >= 15 is 0 Å². The number of nitrogens with one attached hydrogen (secondary N) is 1. The van der Waals surface area contributed by atoms with Gasteiger partial charge in [0.2, 0.25) is 5.91 Å². The number of carbonyl (C=O) groups excluding carboxylic acids is 1. The van der Waals surface area contributed by atoms with Crippen molar-refractivity contribution in [3.05, 3.63) is 34.3 Å². The molecule has 1 saturated carbocycles. The number of aryl methyl sites for hydroxylation is 1. The number of hydrazine groups is 1. The van der Waals surface area contributed by atoms with Crippen LogP contribution in [0.5, 0.6) is 0 Å². The first-order valence-electron chi connectivity index (χ1n) is 6.19. The number of aromatic nitrogens is 1. The van der Waals surface area contributed by atoms with Gasteiger partial charge in [0, 0.05) is 7.05 Å². The zero-order valence-corrected chi connectivity index (χ0v) is 10.6. The van der Waals surface area contributed by atoms with Gasteiger partial charge in [-0.3, -0.25) is 14.8 Å². The summed E-state index contributed by atoms with van der Waals surface area (Å²) in [6.07, 6.45) is 2.52. The lowest BCUT2D eigenvalue weighted by Gasteiger charge is -2.40. The van der Waals surface area contributed by atoms with Crippen LogP contribution in [0.25, 0.3) is 11.1 Å². The molecule has 0 bridgehead atoms. The summed E-state index contributed by atoms with van der Waals surface area (Å²) in [7, 11) is 1.65. The number of nitrogens with zero attached hydrogens (tertiary/aromatic N) is 1. The highest BCUT2D eigenvalue weighted by Crippen LogP contribution is 2.44. The van der Waals surface area contributed by atoms with Gasteiger partial charge in [-0.1, -0.05) is 12.5 Å². The highest BCUT2D eigenvalue weighted by Gasteiger charge is 2.45. The highest BCUT2D eigenvalue weighted by atomic mass is 16.4. The van der Waals surface area contributed by atoms with Crippen molar-refractivity contribution < 1.29 is 9.21 Å². The van der Waals surface area contributed by atoms with Crippen LogP contribution in [0.4, 0.5) is 0 Å². The smallest absolute Gasteiger partial charge is 0.408 e. The molecule has 3 rings (SSSR count). The predicted molar refractivity (Wildman–Crippen MR) is 69.3 cm³/mol. The summed E-state index contributed by atoms with van der Waals surface area (Å²) >= 11 is 0. The molecule has 3 N–H and O–H groups in total. The van der Waals surface area contributed by atoms with Crippen molar-refractivity contribution in [2.45, 2.75) is 24.7 Å². The molecule has 6 nitrogen and oxygen atoms in total. The third-order valence-corrected chi connectivity index (χ3v) is 4.12. The third kappa shape index (κ3) is 1.53. The Bertz CT molecular complexity index is 709. The summed E-state index contributed by atoms with van der Waals surface area (Å²) in [6, 6.07) is 5.44. The van der Waals surface area contributed by atoms with Crippen molar-refractivity contribution in [3.8, 4) is 0 Å². The minimum atomic E-state index is -0.572. The summed E-state index contributed by atoms with van der Waals surface area (Å²) < 4.78 is 6.60. The maximum absolute atomic E-state index is 12.0. The maximum atomic E-state index is 12.0. The van der Waals surface area contributed by atoms with E-state index in [1.54, 1.807) is 19.2 Å². The number of carbonyl (C=O) groups is 1. The van der Waals surface area contributed by atoms with Crippen LogP contribution in [0.3, 0.4) is 0 Å². The molecule has 2 aromatic rings. The molecule has 1 aliphatic rings. The maximum Gasteiger partial charge on any atom is 0.419 e. The molecule has 1 fully saturated rings. The molecule has 1 amide bonds. The summed E-state index contributed by atoms with van der Waals surface area (Å²) in [4.78, 5) is 23.5. The van der Waals surface area contributed by atoms with Gasteiger partial charge in [-0.15, -0.1) is 0 Å². The van der Waals surface area contributed by atoms with E-state index in [1.165, 1.54) is 4.57 Å². The molecule has 1 aromatic heterocycles. The average Bonchev–Trinajstić information content (AvgIpc) is 2.63. The number of fused-ring (bicyclic) bond motifs is 1. The number of nitrogens with two attached hydrogens (primary N) is 1. The highest BCUT2D eigenvalue weighted by molar-refractivity contribution is 5.90. The molecule has 1 aromatic carbocycles. The molecule has 0 unspecified atom stereocenters. The van der Waals surface area contributed by atoms with Crippen LogP contribution in [0.2, 0.25) is 0 Å². The zero-order valence-electron chi connectivity index (χ0n) is 10.6. The van der Waals surface area contributed by atoms with Gasteiger partial charge in [0.25, 0.3) is 0 Å². The van der Waals surface area contributed by atoms with Gasteiger partial charge in [0.15, 0.2) is 5.58 Å². The van der Waals surface area contributed by atoms with Crippen LogP contribution < -0.4 is 17.0 Å². The topological polar surface area (TPSA) is 90.3 Å². The first kappa shape index (κ1) is 12.0. The molecule has 0 aliphatic heterocycles.